The molecule has 4 rings (SSSR count). The Labute approximate surface area is 164 Å². The highest BCUT2D eigenvalue weighted by atomic mass is 16.6. The second kappa shape index (κ2) is 6.55. The summed E-state index contributed by atoms with van der Waals surface area (Å²) in [4.78, 5) is 25.5. The lowest BCUT2D eigenvalue weighted by Crippen LogP contribution is -2.43. The van der Waals surface area contributed by atoms with Crippen molar-refractivity contribution in [1.82, 2.24) is 5.01 Å². The van der Waals surface area contributed by atoms with Crippen LogP contribution in [0, 0.1) is 15.5 Å². The van der Waals surface area contributed by atoms with Gasteiger partial charge < -0.3 is 0 Å². The second-order valence-corrected chi connectivity index (χ2v) is 8.47. The number of nitrogens with zero attached hydrogens (tertiary/aromatic N) is 3. The standard InChI is InChI=1S/C22H23N3O3/c1-22(2,3)21(26)20-17(14-9-5-4-6-10-14)19(25(27)28)18-16-12-8-7-11-15(16)13-23-24(18)20/h4-13,17-20H,1-3H3/t17-,18-,19-,20-/m1/s1. The summed E-state index contributed by atoms with van der Waals surface area (Å²) >= 11 is 0. The van der Waals surface area contributed by atoms with Crippen LogP contribution in [-0.4, -0.2) is 34.0 Å². The fraction of sp³-hybridized carbons (Fsp3) is 0.364. The van der Waals surface area contributed by atoms with Crippen molar-refractivity contribution in [2.45, 2.75) is 44.8 Å². The Morgan fingerprint density at radius 3 is 2.36 bits per heavy atom. The smallest absolute Gasteiger partial charge is 0.248 e. The predicted molar refractivity (Wildman–Crippen MR) is 107 cm³/mol. The van der Waals surface area contributed by atoms with E-state index >= 15 is 0 Å². The van der Waals surface area contributed by atoms with Crippen LogP contribution in [0.1, 0.15) is 49.4 Å². The third-order valence-electron chi connectivity index (χ3n) is 5.68. The van der Waals surface area contributed by atoms with Gasteiger partial charge in [0, 0.05) is 15.9 Å². The number of fused-ring (bicyclic) bond motifs is 3. The summed E-state index contributed by atoms with van der Waals surface area (Å²) < 4.78 is 0. The SMILES string of the molecule is CC(C)(C)C(=O)[C@H]1[C@H](c2ccccc2)[C@@H]([N+](=O)[O-])[C@H]2c3ccccc3C=NN21. The van der Waals surface area contributed by atoms with E-state index < -0.39 is 29.5 Å². The minimum absolute atomic E-state index is 0.0350. The lowest BCUT2D eigenvalue weighted by Gasteiger charge is -2.33. The second-order valence-electron chi connectivity index (χ2n) is 8.47. The summed E-state index contributed by atoms with van der Waals surface area (Å²) in [7, 11) is 0. The summed E-state index contributed by atoms with van der Waals surface area (Å²) in [5.41, 5.74) is 1.88. The third kappa shape index (κ3) is 2.80. The van der Waals surface area contributed by atoms with Gasteiger partial charge in [-0.1, -0.05) is 75.4 Å². The summed E-state index contributed by atoms with van der Waals surface area (Å²) in [6.45, 7) is 5.56. The molecule has 2 aromatic rings. The van der Waals surface area contributed by atoms with Gasteiger partial charge in [-0.3, -0.25) is 19.9 Å². The monoisotopic (exact) mass is 377 g/mol. The number of hydrazone groups is 1. The zero-order valence-corrected chi connectivity index (χ0v) is 16.1. The summed E-state index contributed by atoms with van der Waals surface area (Å²) in [5, 5.41) is 18.5. The fourth-order valence-corrected chi connectivity index (χ4v) is 4.40. The number of nitro groups is 1. The number of carbonyl (C=O) groups excluding carboxylic acids is 1. The highest BCUT2D eigenvalue weighted by Crippen LogP contribution is 2.50. The van der Waals surface area contributed by atoms with E-state index in [2.05, 4.69) is 5.10 Å². The van der Waals surface area contributed by atoms with Crippen LogP contribution < -0.4 is 0 Å². The van der Waals surface area contributed by atoms with Crippen molar-refractivity contribution in [3.8, 4) is 0 Å². The van der Waals surface area contributed by atoms with E-state index in [1.54, 1.807) is 11.2 Å². The van der Waals surface area contributed by atoms with Gasteiger partial charge in [-0.15, -0.1) is 0 Å². The number of hydrogen-bond donors (Lipinski definition) is 0. The normalized spacial score (nSPS) is 25.9. The maximum Gasteiger partial charge on any atom is 0.248 e. The molecule has 0 radical (unpaired) electrons. The van der Waals surface area contributed by atoms with Crippen LogP contribution >= 0.6 is 0 Å². The number of hydrogen-bond acceptors (Lipinski definition) is 5. The number of benzene rings is 2. The molecule has 1 fully saturated rings. The first-order valence-corrected chi connectivity index (χ1v) is 9.44. The average Bonchev–Trinajstić information content (AvgIpc) is 3.03. The molecule has 0 aliphatic carbocycles. The van der Waals surface area contributed by atoms with Crippen LogP contribution in [0.5, 0.6) is 0 Å². The molecule has 144 valence electrons. The largest absolute Gasteiger partial charge is 0.297 e. The topological polar surface area (TPSA) is 75.8 Å². The van der Waals surface area contributed by atoms with E-state index in [4.69, 9.17) is 0 Å². The molecule has 2 heterocycles. The van der Waals surface area contributed by atoms with Crippen molar-refractivity contribution in [1.29, 1.82) is 0 Å². The van der Waals surface area contributed by atoms with Crippen molar-refractivity contribution >= 4 is 12.0 Å². The van der Waals surface area contributed by atoms with Crippen molar-refractivity contribution < 1.29 is 9.72 Å². The number of Topliss-reactive ketones (excluding diaryl/α,β-unsaturated/α-hetero) is 1. The molecule has 0 amide bonds. The Hall–Kier alpha value is -3.02. The van der Waals surface area contributed by atoms with Crippen molar-refractivity contribution in [3.05, 3.63) is 81.4 Å². The maximum absolute atomic E-state index is 13.4. The molecular formula is C22H23N3O3. The van der Waals surface area contributed by atoms with Crippen LogP contribution in [0.2, 0.25) is 0 Å². The number of rotatable bonds is 3. The molecule has 4 atom stereocenters. The highest BCUT2D eigenvalue weighted by Gasteiger charge is 2.61. The molecule has 28 heavy (non-hydrogen) atoms. The lowest BCUT2D eigenvalue weighted by molar-refractivity contribution is -0.529. The zero-order valence-electron chi connectivity index (χ0n) is 16.1. The molecule has 0 aromatic heterocycles. The Morgan fingerprint density at radius 2 is 1.71 bits per heavy atom. The molecule has 1 saturated heterocycles. The fourth-order valence-electron chi connectivity index (χ4n) is 4.40. The van der Waals surface area contributed by atoms with Gasteiger partial charge in [0.25, 0.3) is 0 Å². The van der Waals surface area contributed by atoms with Gasteiger partial charge in [0.05, 0.1) is 12.1 Å². The van der Waals surface area contributed by atoms with E-state index in [0.717, 1.165) is 16.7 Å². The molecule has 6 nitrogen and oxygen atoms in total. The molecule has 0 bridgehead atoms. The zero-order chi connectivity index (χ0) is 20.1. The van der Waals surface area contributed by atoms with E-state index in [0.29, 0.717) is 0 Å². The molecule has 0 unspecified atom stereocenters. The molecule has 2 aliphatic heterocycles. The highest BCUT2D eigenvalue weighted by molar-refractivity contribution is 5.91. The van der Waals surface area contributed by atoms with Crippen LogP contribution in [0.3, 0.4) is 0 Å². The van der Waals surface area contributed by atoms with E-state index in [9.17, 15) is 14.9 Å². The van der Waals surface area contributed by atoms with Crippen LogP contribution in [-0.2, 0) is 4.79 Å². The van der Waals surface area contributed by atoms with Gasteiger partial charge in [-0.2, -0.15) is 5.10 Å². The van der Waals surface area contributed by atoms with E-state index in [1.165, 1.54) is 0 Å². The number of ketones is 1. The van der Waals surface area contributed by atoms with Crippen LogP contribution in [0.4, 0.5) is 0 Å². The lowest BCUT2D eigenvalue weighted by atomic mass is 9.78. The summed E-state index contributed by atoms with van der Waals surface area (Å²) in [5.74, 6) is -0.608. The molecule has 0 spiro atoms. The van der Waals surface area contributed by atoms with Gasteiger partial charge in [0.15, 0.2) is 5.78 Å². The predicted octanol–water partition coefficient (Wildman–Crippen LogP) is 3.80. The first-order chi connectivity index (χ1) is 13.3. The van der Waals surface area contributed by atoms with Crippen molar-refractivity contribution in [2.24, 2.45) is 10.5 Å². The van der Waals surface area contributed by atoms with E-state index in [1.807, 2.05) is 75.4 Å². The van der Waals surface area contributed by atoms with Crippen molar-refractivity contribution in [3.63, 3.8) is 0 Å². The minimum Gasteiger partial charge on any atom is -0.297 e. The summed E-state index contributed by atoms with van der Waals surface area (Å²) in [6.07, 6.45) is 1.71. The summed E-state index contributed by atoms with van der Waals surface area (Å²) in [6, 6.07) is 14.7. The maximum atomic E-state index is 13.4. The van der Waals surface area contributed by atoms with E-state index in [-0.39, 0.29) is 10.7 Å². The molecular weight excluding hydrogens is 354 g/mol. The Morgan fingerprint density at radius 1 is 1.07 bits per heavy atom. The molecule has 6 heteroatoms. The van der Waals surface area contributed by atoms with Crippen LogP contribution in [0.25, 0.3) is 0 Å². The molecule has 0 saturated carbocycles. The van der Waals surface area contributed by atoms with Crippen molar-refractivity contribution in [2.75, 3.05) is 0 Å². The van der Waals surface area contributed by atoms with Gasteiger partial charge in [-0.05, 0) is 11.1 Å². The quantitative estimate of drug-likeness (QED) is 0.602. The minimum atomic E-state index is -0.961. The first-order valence-electron chi connectivity index (χ1n) is 9.44. The molecule has 0 N–H and O–H groups in total. The Balaban J connectivity index is 1.94. The first kappa shape index (κ1) is 18.3. The number of carbonyl (C=O) groups is 1. The van der Waals surface area contributed by atoms with Gasteiger partial charge >= 0.3 is 0 Å². The Kier molecular flexibility index (Phi) is 4.29. The average molecular weight is 377 g/mol. The third-order valence-corrected chi connectivity index (χ3v) is 5.68. The van der Waals surface area contributed by atoms with Crippen LogP contribution in [0.15, 0.2) is 59.7 Å². The Bertz CT molecular complexity index is 949. The van der Waals surface area contributed by atoms with Gasteiger partial charge in [0.1, 0.15) is 12.1 Å². The van der Waals surface area contributed by atoms with Gasteiger partial charge in [0.2, 0.25) is 6.04 Å². The molecule has 2 aromatic carbocycles. The van der Waals surface area contributed by atoms with Gasteiger partial charge in [-0.25, -0.2) is 0 Å². The molecule has 2 aliphatic rings.